The van der Waals surface area contributed by atoms with Crippen LogP contribution in [0.5, 0.6) is 0 Å². The minimum atomic E-state index is 0.334. The van der Waals surface area contributed by atoms with Crippen molar-refractivity contribution in [3.05, 3.63) is 53.9 Å². The van der Waals surface area contributed by atoms with Crippen molar-refractivity contribution in [1.29, 1.82) is 0 Å². The molecule has 3 heterocycles. The van der Waals surface area contributed by atoms with Gasteiger partial charge in [-0.25, -0.2) is 9.67 Å². The number of amides is 1. The van der Waals surface area contributed by atoms with Gasteiger partial charge in [0.05, 0.1) is 11.4 Å². The lowest BCUT2D eigenvalue weighted by atomic mass is 9.79. The molecule has 3 aromatic rings. The second-order valence-electron chi connectivity index (χ2n) is 9.51. The van der Waals surface area contributed by atoms with E-state index >= 15 is 0 Å². The van der Waals surface area contributed by atoms with E-state index in [1.54, 1.807) is 0 Å². The van der Waals surface area contributed by atoms with Crippen LogP contribution in [0.25, 0.3) is 16.7 Å². The van der Waals surface area contributed by atoms with E-state index in [4.69, 9.17) is 10.1 Å². The summed E-state index contributed by atoms with van der Waals surface area (Å²) in [7, 11) is 0. The average Bonchev–Trinajstić information content (AvgIpc) is 3.46. The topological polar surface area (TPSA) is 51.0 Å². The van der Waals surface area contributed by atoms with Gasteiger partial charge in [-0.1, -0.05) is 24.6 Å². The van der Waals surface area contributed by atoms with Crippen LogP contribution in [0, 0.1) is 18.3 Å². The van der Waals surface area contributed by atoms with Crippen LogP contribution in [0.4, 0.5) is 0 Å². The molecule has 0 bridgehead atoms. The fourth-order valence-electron chi connectivity index (χ4n) is 5.63. The lowest BCUT2D eigenvalue weighted by Gasteiger charge is -2.34. The van der Waals surface area contributed by atoms with Crippen molar-refractivity contribution >= 4 is 16.9 Å². The minimum absolute atomic E-state index is 0.334. The van der Waals surface area contributed by atoms with E-state index < -0.39 is 0 Å². The maximum Gasteiger partial charge on any atom is 0.226 e. The highest BCUT2D eigenvalue weighted by atomic mass is 16.2. The molecule has 1 amide bonds. The van der Waals surface area contributed by atoms with Crippen LogP contribution in [-0.4, -0.2) is 38.7 Å². The Morgan fingerprint density at radius 3 is 2.50 bits per heavy atom. The van der Waals surface area contributed by atoms with Crippen molar-refractivity contribution in [2.75, 3.05) is 13.1 Å². The van der Waals surface area contributed by atoms with E-state index in [9.17, 15) is 4.79 Å². The molecular weight excluding hydrogens is 372 g/mol. The first kappa shape index (κ1) is 18.1. The number of benzene rings is 1. The van der Waals surface area contributed by atoms with Gasteiger partial charge < -0.3 is 4.90 Å². The van der Waals surface area contributed by atoms with Gasteiger partial charge in [0.1, 0.15) is 0 Å². The second-order valence-corrected chi connectivity index (χ2v) is 9.51. The number of fused-ring (bicyclic) bond motifs is 1. The first-order valence-electron chi connectivity index (χ1n) is 11.4. The predicted molar refractivity (Wildman–Crippen MR) is 117 cm³/mol. The number of hydrogen-bond acceptors (Lipinski definition) is 3. The van der Waals surface area contributed by atoms with Gasteiger partial charge in [-0.15, -0.1) is 0 Å². The molecule has 2 aliphatic carbocycles. The van der Waals surface area contributed by atoms with E-state index in [2.05, 4.69) is 29.2 Å². The van der Waals surface area contributed by atoms with Gasteiger partial charge in [-0.05, 0) is 68.7 Å². The molecule has 5 heteroatoms. The number of aromatic nitrogens is 3. The molecule has 1 atom stereocenters. The molecule has 3 fully saturated rings. The molecule has 1 saturated heterocycles. The van der Waals surface area contributed by atoms with Crippen molar-refractivity contribution < 1.29 is 4.79 Å². The fourth-order valence-corrected chi connectivity index (χ4v) is 5.63. The molecule has 154 valence electrons. The third kappa shape index (κ3) is 2.78. The molecule has 6 rings (SSSR count). The van der Waals surface area contributed by atoms with Crippen LogP contribution in [0.3, 0.4) is 0 Å². The number of carbonyl (C=O) groups excluding carboxylic acids is 1. The minimum Gasteiger partial charge on any atom is -0.342 e. The van der Waals surface area contributed by atoms with Crippen LogP contribution < -0.4 is 0 Å². The van der Waals surface area contributed by atoms with Crippen LogP contribution >= 0.6 is 0 Å². The summed E-state index contributed by atoms with van der Waals surface area (Å²) in [6.45, 7) is 3.78. The summed E-state index contributed by atoms with van der Waals surface area (Å²) < 4.78 is 1.96. The summed E-state index contributed by atoms with van der Waals surface area (Å²) in [5.74, 6) is 1.17. The van der Waals surface area contributed by atoms with Crippen molar-refractivity contribution in [1.82, 2.24) is 19.7 Å². The number of piperidine rings is 1. The zero-order valence-corrected chi connectivity index (χ0v) is 17.6. The highest BCUT2D eigenvalue weighted by molar-refractivity contribution is 5.83. The summed E-state index contributed by atoms with van der Waals surface area (Å²) >= 11 is 0. The molecule has 2 aromatic heterocycles. The monoisotopic (exact) mass is 400 g/mol. The Bertz CT molecular complexity index is 1110. The zero-order valence-electron chi connectivity index (χ0n) is 17.6. The molecule has 0 unspecified atom stereocenters. The lowest BCUT2D eigenvalue weighted by Crippen LogP contribution is -2.40. The molecule has 0 radical (unpaired) electrons. The van der Waals surface area contributed by atoms with Gasteiger partial charge in [-0.3, -0.25) is 4.79 Å². The number of likely N-dealkylation sites (tertiary alicyclic amines) is 1. The van der Waals surface area contributed by atoms with Gasteiger partial charge in [-0.2, -0.15) is 5.10 Å². The molecule has 2 saturated carbocycles. The van der Waals surface area contributed by atoms with Gasteiger partial charge >= 0.3 is 0 Å². The number of pyridine rings is 1. The summed E-state index contributed by atoms with van der Waals surface area (Å²) in [6, 6.07) is 14.5. The number of hydrogen-bond donors (Lipinski definition) is 0. The van der Waals surface area contributed by atoms with Crippen molar-refractivity contribution in [3.8, 4) is 5.69 Å². The third-order valence-corrected chi connectivity index (χ3v) is 7.80. The van der Waals surface area contributed by atoms with Gasteiger partial charge in [0.2, 0.25) is 5.91 Å². The Labute approximate surface area is 177 Å². The average molecular weight is 401 g/mol. The van der Waals surface area contributed by atoms with Crippen molar-refractivity contribution in [3.63, 3.8) is 0 Å². The lowest BCUT2D eigenvalue weighted by molar-refractivity contribution is -0.135. The van der Waals surface area contributed by atoms with Crippen LogP contribution in [-0.2, 0) is 4.79 Å². The normalized spacial score (nSPS) is 23.0. The summed E-state index contributed by atoms with van der Waals surface area (Å²) in [4.78, 5) is 20.1. The standard InChI is InChI=1S/C25H28N4O/c1-17-20-8-9-22(26-23(20)29(27-17)19-6-3-2-4-7-19)18-10-14-28(15-11-18)24(30)21-16-25(21)12-5-13-25/h2-4,6-9,18,21H,5,10-16H2,1H3/t21-/m1/s1. The van der Waals surface area contributed by atoms with Crippen molar-refractivity contribution in [2.24, 2.45) is 11.3 Å². The first-order valence-corrected chi connectivity index (χ1v) is 11.4. The van der Waals surface area contributed by atoms with E-state index in [1.807, 2.05) is 29.8 Å². The SMILES string of the molecule is Cc1nn(-c2ccccc2)c2nc(C3CCN(C(=O)[C@H]4CC45CCC5)CC3)ccc12. The fraction of sp³-hybridized carbons (Fsp3) is 0.480. The Kier molecular flexibility index (Phi) is 4.02. The smallest absolute Gasteiger partial charge is 0.226 e. The Balaban J connectivity index is 1.21. The molecule has 1 aliphatic heterocycles. The summed E-state index contributed by atoms with van der Waals surface area (Å²) in [5, 5.41) is 5.84. The maximum absolute atomic E-state index is 12.9. The third-order valence-electron chi connectivity index (χ3n) is 7.80. The highest BCUT2D eigenvalue weighted by Gasteiger charge is 2.61. The number of para-hydroxylation sites is 1. The van der Waals surface area contributed by atoms with E-state index in [0.717, 1.165) is 60.5 Å². The van der Waals surface area contributed by atoms with Crippen LogP contribution in [0.15, 0.2) is 42.5 Å². The Morgan fingerprint density at radius 1 is 1.07 bits per heavy atom. The summed E-state index contributed by atoms with van der Waals surface area (Å²) in [6.07, 6.45) is 7.02. The largest absolute Gasteiger partial charge is 0.342 e. The molecule has 3 aliphatic rings. The number of carbonyl (C=O) groups is 1. The number of nitrogens with zero attached hydrogens (tertiary/aromatic N) is 4. The predicted octanol–water partition coefficient (Wildman–Crippen LogP) is 4.63. The second kappa shape index (κ2) is 6.66. The van der Waals surface area contributed by atoms with Crippen LogP contribution in [0.2, 0.25) is 0 Å². The highest BCUT2D eigenvalue weighted by Crippen LogP contribution is 2.66. The molecular formula is C25H28N4O. The Hall–Kier alpha value is -2.69. The molecule has 1 spiro atoms. The van der Waals surface area contributed by atoms with Crippen molar-refractivity contribution in [2.45, 2.75) is 51.4 Å². The maximum atomic E-state index is 12.9. The Morgan fingerprint density at radius 2 is 1.83 bits per heavy atom. The van der Waals surface area contributed by atoms with Crippen LogP contribution in [0.1, 0.15) is 55.8 Å². The van der Waals surface area contributed by atoms with E-state index in [0.29, 0.717) is 23.2 Å². The quantitative estimate of drug-likeness (QED) is 0.644. The zero-order chi connectivity index (χ0) is 20.3. The van der Waals surface area contributed by atoms with Gasteiger partial charge in [0.15, 0.2) is 5.65 Å². The number of rotatable bonds is 3. The molecule has 30 heavy (non-hydrogen) atoms. The van der Waals surface area contributed by atoms with Gasteiger partial charge in [0.25, 0.3) is 0 Å². The molecule has 1 aromatic carbocycles. The number of aryl methyl sites for hydroxylation is 1. The van der Waals surface area contributed by atoms with E-state index in [1.165, 1.54) is 19.3 Å². The van der Waals surface area contributed by atoms with Gasteiger partial charge in [0, 0.05) is 36.0 Å². The molecule has 5 nitrogen and oxygen atoms in total. The summed E-state index contributed by atoms with van der Waals surface area (Å²) in [5.41, 5.74) is 4.53. The van der Waals surface area contributed by atoms with E-state index in [-0.39, 0.29) is 0 Å². The first-order chi connectivity index (χ1) is 14.6. The molecule has 0 N–H and O–H groups in total.